The number of benzene rings is 3. The van der Waals surface area contributed by atoms with Gasteiger partial charge in [0.05, 0.1) is 18.2 Å². The normalized spacial score (nSPS) is 15.5. The van der Waals surface area contributed by atoms with E-state index in [0.29, 0.717) is 35.7 Å². The molecule has 0 radical (unpaired) electrons. The van der Waals surface area contributed by atoms with Gasteiger partial charge in [0.2, 0.25) is 12.7 Å². The number of nitrogens with one attached hydrogen (secondary N) is 1. The molecular formula is C25H20F3NO5. The average molecular weight is 471 g/mol. The highest BCUT2D eigenvalue weighted by Gasteiger charge is 2.52. The molecule has 6 nitrogen and oxygen atoms in total. The van der Waals surface area contributed by atoms with Crippen molar-refractivity contribution in [1.82, 2.24) is 0 Å². The van der Waals surface area contributed by atoms with E-state index in [-0.39, 0.29) is 12.5 Å². The zero-order valence-electron chi connectivity index (χ0n) is 18.1. The first-order chi connectivity index (χ1) is 16.3. The lowest BCUT2D eigenvalue weighted by Gasteiger charge is -2.19. The summed E-state index contributed by atoms with van der Waals surface area (Å²) in [7, 11) is 1.54. The van der Waals surface area contributed by atoms with Crippen LogP contribution >= 0.6 is 0 Å². The van der Waals surface area contributed by atoms with Gasteiger partial charge in [-0.2, -0.15) is 0 Å². The van der Waals surface area contributed by atoms with Crippen LogP contribution in [0.1, 0.15) is 18.4 Å². The van der Waals surface area contributed by atoms with Crippen molar-refractivity contribution in [3.63, 3.8) is 0 Å². The first-order valence-electron chi connectivity index (χ1n) is 10.5. The summed E-state index contributed by atoms with van der Waals surface area (Å²) in [6.45, 7) is 0.105. The maximum atomic E-state index is 13.3. The maximum absolute atomic E-state index is 13.3. The molecule has 0 unspecified atom stereocenters. The molecule has 3 aromatic rings. The van der Waals surface area contributed by atoms with Gasteiger partial charge in [0.25, 0.3) is 0 Å². The van der Waals surface area contributed by atoms with E-state index in [1.807, 2.05) is 0 Å². The Labute approximate surface area is 193 Å². The van der Waals surface area contributed by atoms with Gasteiger partial charge in [-0.05, 0) is 65.9 Å². The predicted octanol–water partition coefficient (Wildman–Crippen LogP) is 5.66. The van der Waals surface area contributed by atoms with E-state index in [2.05, 4.69) is 10.1 Å². The first-order valence-corrected chi connectivity index (χ1v) is 10.5. The van der Waals surface area contributed by atoms with Crippen molar-refractivity contribution < 1.29 is 36.9 Å². The van der Waals surface area contributed by atoms with Crippen molar-refractivity contribution in [3.8, 4) is 34.1 Å². The summed E-state index contributed by atoms with van der Waals surface area (Å²) in [5.74, 6) is 0.880. The number of rotatable bonds is 6. The Bertz CT molecular complexity index is 1240. The Morgan fingerprint density at radius 2 is 1.65 bits per heavy atom. The Kier molecular flexibility index (Phi) is 5.27. The molecule has 1 fully saturated rings. The Balaban J connectivity index is 1.46. The molecule has 0 atom stereocenters. The van der Waals surface area contributed by atoms with Crippen LogP contribution in [0.3, 0.4) is 0 Å². The number of fused-ring (bicyclic) bond motifs is 1. The topological polar surface area (TPSA) is 66.0 Å². The van der Waals surface area contributed by atoms with Gasteiger partial charge in [-0.15, -0.1) is 13.2 Å². The number of methoxy groups -OCH3 is 1. The van der Waals surface area contributed by atoms with Gasteiger partial charge in [0.1, 0.15) is 5.75 Å². The molecule has 34 heavy (non-hydrogen) atoms. The minimum absolute atomic E-state index is 0.0670. The van der Waals surface area contributed by atoms with Crippen molar-refractivity contribution in [2.24, 2.45) is 0 Å². The van der Waals surface area contributed by atoms with E-state index in [1.165, 1.54) is 18.2 Å². The average Bonchev–Trinajstić information content (AvgIpc) is 3.50. The molecule has 1 aliphatic carbocycles. The van der Waals surface area contributed by atoms with E-state index in [0.717, 1.165) is 11.1 Å². The highest BCUT2D eigenvalue weighted by molar-refractivity contribution is 6.02. The van der Waals surface area contributed by atoms with Gasteiger partial charge in [0.15, 0.2) is 17.2 Å². The number of carbonyl (C=O) groups excluding carboxylic acids is 1. The number of anilines is 1. The minimum atomic E-state index is -4.91. The largest absolute Gasteiger partial charge is 0.573 e. The summed E-state index contributed by atoms with van der Waals surface area (Å²) in [5.41, 5.74) is 1.15. The van der Waals surface area contributed by atoms with Crippen molar-refractivity contribution in [2.45, 2.75) is 24.6 Å². The van der Waals surface area contributed by atoms with E-state index in [9.17, 15) is 18.0 Å². The van der Waals surface area contributed by atoms with Crippen LogP contribution in [0.4, 0.5) is 18.9 Å². The van der Waals surface area contributed by atoms with E-state index in [1.54, 1.807) is 49.6 Å². The maximum Gasteiger partial charge on any atom is 0.573 e. The second-order valence-corrected chi connectivity index (χ2v) is 8.09. The minimum Gasteiger partial charge on any atom is -0.497 e. The second-order valence-electron chi connectivity index (χ2n) is 8.09. The third kappa shape index (κ3) is 4.21. The molecule has 176 valence electrons. The first kappa shape index (κ1) is 21.9. The molecule has 3 aromatic carbocycles. The van der Waals surface area contributed by atoms with Crippen molar-refractivity contribution >= 4 is 11.6 Å². The van der Waals surface area contributed by atoms with Crippen molar-refractivity contribution in [3.05, 3.63) is 66.2 Å². The fourth-order valence-corrected chi connectivity index (χ4v) is 4.01. The Hall–Kier alpha value is -3.88. The quantitative estimate of drug-likeness (QED) is 0.503. The van der Waals surface area contributed by atoms with Gasteiger partial charge in [-0.25, -0.2) is 0 Å². The summed E-state index contributed by atoms with van der Waals surface area (Å²) < 4.78 is 59.2. The number of hydrogen-bond donors (Lipinski definition) is 1. The number of hydrogen-bond acceptors (Lipinski definition) is 5. The molecular weight excluding hydrogens is 451 g/mol. The molecule has 9 heteroatoms. The fourth-order valence-electron chi connectivity index (χ4n) is 4.01. The van der Waals surface area contributed by atoms with Crippen LogP contribution < -0.4 is 24.3 Å². The van der Waals surface area contributed by atoms with Gasteiger partial charge in [0, 0.05) is 0 Å². The molecule has 1 amide bonds. The zero-order valence-corrected chi connectivity index (χ0v) is 18.1. The summed E-state index contributed by atoms with van der Waals surface area (Å²) in [6.07, 6.45) is -3.78. The van der Waals surface area contributed by atoms with Gasteiger partial charge in [-0.3, -0.25) is 4.79 Å². The van der Waals surface area contributed by atoms with E-state index < -0.39 is 23.4 Å². The van der Waals surface area contributed by atoms with Crippen LogP contribution in [0.5, 0.6) is 23.0 Å². The molecule has 1 heterocycles. The predicted molar refractivity (Wildman–Crippen MR) is 117 cm³/mol. The SMILES string of the molecule is COc1ccc(-c2ccc(OC(F)(F)F)c(NC(=O)C3(c4ccc5c(c4)OCO5)CC3)c2)cc1. The van der Waals surface area contributed by atoms with Crippen LogP contribution in [0.15, 0.2) is 60.7 Å². The molecule has 2 aliphatic rings. The monoisotopic (exact) mass is 471 g/mol. The zero-order chi connectivity index (χ0) is 23.9. The van der Waals surface area contributed by atoms with Crippen LogP contribution in [0.25, 0.3) is 11.1 Å². The highest BCUT2D eigenvalue weighted by Crippen LogP contribution is 2.51. The van der Waals surface area contributed by atoms with Gasteiger partial charge in [-0.1, -0.05) is 24.3 Å². The van der Waals surface area contributed by atoms with Crippen molar-refractivity contribution in [1.29, 1.82) is 0 Å². The van der Waals surface area contributed by atoms with Gasteiger partial charge < -0.3 is 24.3 Å². The fraction of sp³-hybridized carbons (Fsp3) is 0.240. The van der Waals surface area contributed by atoms with Crippen LogP contribution in [-0.2, 0) is 10.2 Å². The summed E-state index contributed by atoms with van der Waals surface area (Å²) >= 11 is 0. The number of ether oxygens (including phenoxy) is 4. The summed E-state index contributed by atoms with van der Waals surface area (Å²) in [4.78, 5) is 13.3. The Morgan fingerprint density at radius 3 is 2.32 bits per heavy atom. The van der Waals surface area contributed by atoms with Crippen LogP contribution in [-0.4, -0.2) is 26.2 Å². The second kappa shape index (κ2) is 8.16. The Morgan fingerprint density at radius 1 is 0.941 bits per heavy atom. The summed E-state index contributed by atoms with van der Waals surface area (Å²) in [5, 5.41) is 2.67. The lowest BCUT2D eigenvalue weighted by atomic mass is 9.94. The molecule has 0 aromatic heterocycles. The van der Waals surface area contributed by atoms with Crippen LogP contribution in [0, 0.1) is 0 Å². The molecule has 0 bridgehead atoms. The number of halogens is 3. The third-order valence-corrected chi connectivity index (χ3v) is 5.99. The highest BCUT2D eigenvalue weighted by atomic mass is 19.4. The van der Waals surface area contributed by atoms with Crippen LogP contribution in [0.2, 0.25) is 0 Å². The number of amides is 1. The standard InChI is InChI=1S/C25H20F3NO5/c1-31-18-6-2-15(3-7-18)16-4-8-20(34-25(26,27)28)19(12-16)29-23(30)24(10-11-24)17-5-9-21-22(13-17)33-14-32-21/h2-9,12-13H,10-11,14H2,1H3,(H,29,30). The number of carbonyl (C=O) groups is 1. The third-order valence-electron chi connectivity index (χ3n) is 5.99. The van der Waals surface area contributed by atoms with Crippen molar-refractivity contribution in [2.75, 3.05) is 19.2 Å². The lowest BCUT2D eigenvalue weighted by molar-refractivity contribution is -0.274. The summed E-state index contributed by atoms with van der Waals surface area (Å²) in [6, 6.07) is 16.5. The molecule has 1 N–H and O–H groups in total. The lowest BCUT2D eigenvalue weighted by Crippen LogP contribution is -2.28. The smallest absolute Gasteiger partial charge is 0.497 e. The molecule has 1 saturated carbocycles. The van der Waals surface area contributed by atoms with E-state index in [4.69, 9.17) is 14.2 Å². The molecule has 0 spiro atoms. The number of alkyl halides is 3. The molecule has 1 aliphatic heterocycles. The van der Waals surface area contributed by atoms with E-state index >= 15 is 0 Å². The van der Waals surface area contributed by atoms with Gasteiger partial charge >= 0.3 is 6.36 Å². The molecule has 5 rings (SSSR count). The molecule has 0 saturated heterocycles.